The highest BCUT2D eigenvalue weighted by Crippen LogP contribution is 2.38. The van der Waals surface area contributed by atoms with Crippen LogP contribution in [0.4, 0.5) is 5.69 Å². The first-order chi connectivity index (χ1) is 9.51. The minimum absolute atomic E-state index is 0.141. The summed E-state index contributed by atoms with van der Waals surface area (Å²) in [5.74, 6) is 0.748. The summed E-state index contributed by atoms with van der Waals surface area (Å²) in [6, 6.07) is 12.0. The van der Waals surface area contributed by atoms with E-state index in [0.29, 0.717) is 5.02 Å². The topological polar surface area (TPSA) is 21.3 Å². The fraction of sp³-hybridized carbons (Fsp3) is 0.200. The van der Waals surface area contributed by atoms with Gasteiger partial charge in [-0.15, -0.1) is 0 Å². The van der Waals surface area contributed by atoms with Crippen LogP contribution in [-0.4, -0.2) is 7.11 Å². The molecule has 0 radical (unpaired) electrons. The monoisotopic (exact) mass is 417 g/mol. The van der Waals surface area contributed by atoms with Crippen molar-refractivity contribution in [2.45, 2.75) is 13.0 Å². The van der Waals surface area contributed by atoms with Crippen molar-refractivity contribution < 1.29 is 4.74 Å². The number of nitrogens with one attached hydrogen (secondary N) is 1. The second-order valence-corrected chi connectivity index (χ2v) is 6.59. The number of anilines is 1. The number of rotatable bonds is 4. The molecule has 0 aliphatic rings. The van der Waals surface area contributed by atoms with Gasteiger partial charge in [-0.2, -0.15) is 0 Å². The lowest BCUT2D eigenvalue weighted by Gasteiger charge is -2.19. The molecular formula is C15H14Br2ClNO. The van der Waals surface area contributed by atoms with Crippen molar-refractivity contribution in [2.24, 2.45) is 0 Å². The number of hydrogen-bond acceptors (Lipinski definition) is 2. The van der Waals surface area contributed by atoms with Gasteiger partial charge < -0.3 is 10.1 Å². The summed E-state index contributed by atoms with van der Waals surface area (Å²) < 4.78 is 7.31. The fourth-order valence-electron chi connectivity index (χ4n) is 1.94. The summed E-state index contributed by atoms with van der Waals surface area (Å²) in [4.78, 5) is 0. The lowest BCUT2D eigenvalue weighted by Crippen LogP contribution is -2.07. The molecule has 0 saturated carbocycles. The summed E-state index contributed by atoms with van der Waals surface area (Å²) in [6.45, 7) is 2.09. The van der Waals surface area contributed by atoms with Crippen LogP contribution < -0.4 is 10.1 Å². The van der Waals surface area contributed by atoms with E-state index in [2.05, 4.69) is 56.2 Å². The van der Waals surface area contributed by atoms with Gasteiger partial charge in [0.2, 0.25) is 0 Å². The van der Waals surface area contributed by atoms with Crippen molar-refractivity contribution in [3.8, 4) is 5.75 Å². The predicted octanol–water partition coefficient (Wildman–Crippen LogP) is 6.05. The van der Waals surface area contributed by atoms with Gasteiger partial charge in [0.1, 0.15) is 0 Å². The summed E-state index contributed by atoms with van der Waals surface area (Å²) in [5, 5.41) is 4.08. The number of methoxy groups -OCH3 is 1. The molecule has 0 aromatic heterocycles. The van der Waals surface area contributed by atoms with Gasteiger partial charge in [0.25, 0.3) is 0 Å². The highest BCUT2D eigenvalue weighted by Gasteiger charge is 2.12. The van der Waals surface area contributed by atoms with E-state index in [0.717, 1.165) is 20.4 Å². The molecule has 1 unspecified atom stereocenters. The normalized spacial score (nSPS) is 12.1. The van der Waals surface area contributed by atoms with Crippen LogP contribution in [0.5, 0.6) is 5.75 Å². The Bertz CT molecular complexity index is 602. The largest absolute Gasteiger partial charge is 0.493 e. The first kappa shape index (κ1) is 15.7. The van der Waals surface area contributed by atoms with Crippen molar-refractivity contribution in [3.05, 3.63) is 55.9 Å². The first-order valence-corrected chi connectivity index (χ1v) is 8.02. The van der Waals surface area contributed by atoms with Crippen molar-refractivity contribution in [1.29, 1.82) is 0 Å². The van der Waals surface area contributed by atoms with Crippen LogP contribution in [0.25, 0.3) is 0 Å². The molecule has 0 spiro atoms. The standard InChI is InChI=1S/C15H14Br2ClNO/c1-9(10-3-5-11(16)6-4-10)19-14-8-12(18)7-13(17)15(14)20-2/h3-9,19H,1-2H3. The summed E-state index contributed by atoms with van der Waals surface area (Å²) in [6.07, 6.45) is 0. The van der Waals surface area contributed by atoms with E-state index in [1.165, 1.54) is 5.56 Å². The van der Waals surface area contributed by atoms with Gasteiger partial charge in [0, 0.05) is 15.5 Å². The second-order valence-electron chi connectivity index (χ2n) is 4.39. The molecule has 0 bridgehead atoms. The molecule has 106 valence electrons. The van der Waals surface area contributed by atoms with Crippen LogP contribution in [0.2, 0.25) is 5.02 Å². The molecule has 0 fully saturated rings. The van der Waals surface area contributed by atoms with Gasteiger partial charge >= 0.3 is 0 Å². The molecular weight excluding hydrogens is 405 g/mol. The number of hydrogen-bond donors (Lipinski definition) is 1. The van der Waals surface area contributed by atoms with E-state index in [-0.39, 0.29) is 6.04 Å². The average molecular weight is 420 g/mol. The smallest absolute Gasteiger partial charge is 0.156 e. The van der Waals surface area contributed by atoms with Crippen LogP contribution in [0.3, 0.4) is 0 Å². The van der Waals surface area contributed by atoms with Crippen LogP contribution in [0.15, 0.2) is 45.3 Å². The summed E-state index contributed by atoms with van der Waals surface area (Å²) >= 11 is 13.0. The lowest BCUT2D eigenvalue weighted by atomic mass is 10.1. The molecule has 1 N–H and O–H groups in total. The molecule has 0 aliphatic heterocycles. The van der Waals surface area contributed by atoms with Crippen LogP contribution >= 0.6 is 43.5 Å². The van der Waals surface area contributed by atoms with E-state index < -0.39 is 0 Å². The molecule has 2 aromatic rings. The van der Waals surface area contributed by atoms with Crippen LogP contribution in [0, 0.1) is 0 Å². The fourth-order valence-corrected chi connectivity index (χ4v) is 3.18. The molecule has 0 saturated heterocycles. The predicted molar refractivity (Wildman–Crippen MR) is 91.9 cm³/mol. The number of benzene rings is 2. The van der Waals surface area contributed by atoms with E-state index in [9.17, 15) is 0 Å². The second kappa shape index (κ2) is 6.83. The molecule has 20 heavy (non-hydrogen) atoms. The Hall–Kier alpha value is -0.710. The van der Waals surface area contributed by atoms with Crippen molar-refractivity contribution >= 4 is 49.1 Å². The zero-order valence-corrected chi connectivity index (χ0v) is 15.0. The van der Waals surface area contributed by atoms with Gasteiger partial charge in [-0.3, -0.25) is 0 Å². The Balaban J connectivity index is 2.27. The lowest BCUT2D eigenvalue weighted by molar-refractivity contribution is 0.413. The van der Waals surface area contributed by atoms with Gasteiger partial charge in [0.15, 0.2) is 5.75 Å². The molecule has 0 amide bonds. The van der Waals surface area contributed by atoms with Gasteiger partial charge in [0.05, 0.1) is 17.3 Å². The van der Waals surface area contributed by atoms with Crippen molar-refractivity contribution in [1.82, 2.24) is 0 Å². The summed E-state index contributed by atoms with van der Waals surface area (Å²) in [5.41, 5.74) is 2.05. The maximum atomic E-state index is 6.10. The Kier molecular flexibility index (Phi) is 5.35. The van der Waals surface area contributed by atoms with Gasteiger partial charge in [-0.05, 0) is 52.7 Å². The third-order valence-corrected chi connectivity index (χ3v) is 4.29. The van der Waals surface area contributed by atoms with Gasteiger partial charge in [-0.1, -0.05) is 39.7 Å². The zero-order valence-electron chi connectivity index (χ0n) is 11.1. The molecule has 0 aliphatic carbocycles. The average Bonchev–Trinajstić information content (AvgIpc) is 2.39. The minimum Gasteiger partial charge on any atom is -0.493 e. The quantitative estimate of drug-likeness (QED) is 0.652. The SMILES string of the molecule is COc1c(Br)cc(Cl)cc1NC(C)c1ccc(Br)cc1. The molecule has 2 aromatic carbocycles. The number of halogens is 3. The van der Waals surface area contributed by atoms with E-state index in [1.807, 2.05) is 24.3 Å². The molecule has 5 heteroatoms. The molecule has 1 atom stereocenters. The van der Waals surface area contributed by atoms with Crippen molar-refractivity contribution in [2.75, 3.05) is 12.4 Å². The molecule has 2 rings (SSSR count). The Morgan fingerprint density at radius 3 is 2.40 bits per heavy atom. The van der Waals surface area contributed by atoms with Gasteiger partial charge in [-0.25, -0.2) is 0 Å². The maximum Gasteiger partial charge on any atom is 0.156 e. The van der Waals surface area contributed by atoms with Crippen LogP contribution in [0.1, 0.15) is 18.5 Å². The van der Waals surface area contributed by atoms with E-state index >= 15 is 0 Å². The van der Waals surface area contributed by atoms with Crippen molar-refractivity contribution in [3.63, 3.8) is 0 Å². The third-order valence-electron chi connectivity index (χ3n) is 2.95. The van der Waals surface area contributed by atoms with E-state index in [4.69, 9.17) is 16.3 Å². The molecule has 2 nitrogen and oxygen atoms in total. The Labute approximate surface area is 140 Å². The Morgan fingerprint density at radius 1 is 1.15 bits per heavy atom. The summed E-state index contributed by atoms with van der Waals surface area (Å²) in [7, 11) is 1.64. The van der Waals surface area contributed by atoms with Crippen LogP contribution in [-0.2, 0) is 0 Å². The first-order valence-electron chi connectivity index (χ1n) is 6.06. The van der Waals surface area contributed by atoms with E-state index in [1.54, 1.807) is 7.11 Å². The zero-order chi connectivity index (χ0) is 14.7. The highest BCUT2D eigenvalue weighted by molar-refractivity contribution is 9.10. The number of ether oxygens (including phenoxy) is 1. The Morgan fingerprint density at radius 2 is 1.80 bits per heavy atom. The molecule has 0 heterocycles. The highest BCUT2D eigenvalue weighted by atomic mass is 79.9. The third kappa shape index (κ3) is 3.68. The minimum atomic E-state index is 0.141. The maximum absolute atomic E-state index is 6.10.